The molecule has 1 atom stereocenters. The molecule has 11 heteroatoms. The number of aromatic nitrogens is 1. The van der Waals surface area contributed by atoms with Gasteiger partial charge in [0.05, 0.1) is 20.9 Å². The lowest BCUT2D eigenvalue weighted by molar-refractivity contribution is -0.136. The van der Waals surface area contributed by atoms with Crippen LogP contribution in [0.1, 0.15) is 18.4 Å². The molecule has 1 N–H and O–H groups in total. The van der Waals surface area contributed by atoms with Crippen LogP contribution < -0.4 is 4.72 Å². The summed E-state index contributed by atoms with van der Waals surface area (Å²) in [4.78, 5) is -0.264. The molecule has 2 aromatic carbocycles. The Morgan fingerprint density at radius 2 is 1.71 bits per heavy atom. The zero-order chi connectivity index (χ0) is 22.2. The van der Waals surface area contributed by atoms with Gasteiger partial charge in [-0.3, -0.25) is 0 Å². The third-order valence-electron chi connectivity index (χ3n) is 5.06. The SMILES string of the molecule is O=S(NC1CCSCC1)c1cn(S(=O)(=O)c2ccccc2)c2cccc(C(F)(F)F)c12. The molecule has 31 heavy (non-hydrogen) atoms. The first-order valence-corrected chi connectivity index (χ1v) is 13.2. The highest BCUT2D eigenvalue weighted by molar-refractivity contribution is 7.99. The molecule has 4 rings (SSSR count). The molecule has 0 spiro atoms. The first kappa shape index (κ1) is 22.4. The number of thioether (sulfide) groups is 1. The van der Waals surface area contributed by atoms with Gasteiger partial charge in [-0.25, -0.2) is 21.3 Å². The summed E-state index contributed by atoms with van der Waals surface area (Å²) in [5.74, 6) is 1.74. The molecule has 3 aromatic rings. The van der Waals surface area contributed by atoms with Gasteiger partial charge in [-0.15, -0.1) is 0 Å². The Morgan fingerprint density at radius 1 is 1.03 bits per heavy atom. The van der Waals surface area contributed by atoms with Gasteiger partial charge >= 0.3 is 6.18 Å². The number of nitrogens with one attached hydrogen (secondary N) is 1. The van der Waals surface area contributed by atoms with E-state index in [1.54, 1.807) is 17.8 Å². The van der Waals surface area contributed by atoms with Crippen LogP contribution in [0.15, 0.2) is 64.5 Å². The van der Waals surface area contributed by atoms with E-state index < -0.39 is 32.7 Å². The van der Waals surface area contributed by atoms with E-state index in [4.69, 9.17) is 0 Å². The predicted octanol–water partition coefficient (Wildman–Crippen LogP) is 4.40. The zero-order valence-corrected chi connectivity index (χ0v) is 18.6. The predicted molar refractivity (Wildman–Crippen MR) is 116 cm³/mol. The number of hydrogen-bond acceptors (Lipinski definition) is 4. The fourth-order valence-corrected chi connectivity index (χ4v) is 7.36. The first-order chi connectivity index (χ1) is 14.7. The van der Waals surface area contributed by atoms with Crippen LogP contribution in [0.3, 0.4) is 0 Å². The fraction of sp³-hybridized carbons (Fsp3) is 0.300. The maximum atomic E-state index is 13.8. The largest absolute Gasteiger partial charge is 0.417 e. The average molecular weight is 489 g/mol. The second kappa shape index (κ2) is 8.61. The third kappa shape index (κ3) is 4.41. The molecule has 1 aliphatic rings. The molecule has 0 saturated carbocycles. The van der Waals surface area contributed by atoms with Gasteiger partial charge in [0.1, 0.15) is 11.0 Å². The van der Waals surface area contributed by atoms with Crippen molar-refractivity contribution in [2.45, 2.75) is 34.9 Å². The summed E-state index contributed by atoms with van der Waals surface area (Å²) in [7, 11) is -6.21. The van der Waals surface area contributed by atoms with Crippen LogP contribution in [0.5, 0.6) is 0 Å². The molecule has 1 aromatic heterocycles. The monoisotopic (exact) mass is 488 g/mol. The molecular weight excluding hydrogens is 469 g/mol. The van der Waals surface area contributed by atoms with Crippen molar-refractivity contribution >= 4 is 43.7 Å². The van der Waals surface area contributed by atoms with Crippen LogP contribution >= 0.6 is 11.8 Å². The lowest BCUT2D eigenvalue weighted by atomic mass is 10.1. The smallest absolute Gasteiger partial charge is 0.240 e. The summed E-state index contributed by atoms with van der Waals surface area (Å²) in [5, 5.41) is -0.370. The Bertz CT molecular complexity index is 1220. The maximum Gasteiger partial charge on any atom is 0.417 e. The molecule has 1 fully saturated rings. The van der Waals surface area contributed by atoms with Crippen LogP contribution in [0.25, 0.3) is 10.9 Å². The van der Waals surface area contributed by atoms with Gasteiger partial charge in [-0.05, 0) is 48.6 Å². The van der Waals surface area contributed by atoms with Crippen molar-refractivity contribution in [2.24, 2.45) is 0 Å². The van der Waals surface area contributed by atoms with Gasteiger partial charge in [0.15, 0.2) is 0 Å². The summed E-state index contributed by atoms with van der Waals surface area (Å²) in [6, 6.07) is 10.6. The van der Waals surface area contributed by atoms with Crippen molar-refractivity contribution in [1.82, 2.24) is 8.69 Å². The van der Waals surface area contributed by atoms with Gasteiger partial charge in [-0.1, -0.05) is 24.3 Å². The molecule has 1 unspecified atom stereocenters. The van der Waals surface area contributed by atoms with Crippen molar-refractivity contribution < 1.29 is 25.8 Å². The number of halogens is 3. The second-order valence-corrected chi connectivity index (χ2v) is 11.3. The number of hydrogen-bond donors (Lipinski definition) is 1. The van der Waals surface area contributed by atoms with E-state index in [1.807, 2.05) is 0 Å². The Balaban J connectivity index is 1.90. The van der Waals surface area contributed by atoms with E-state index in [0.29, 0.717) is 0 Å². The molecule has 1 saturated heterocycles. The Hall–Kier alpha value is -1.82. The van der Waals surface area contributed by atoms with E-state index in [1.165, 1.54) is 30.3 Å². The maximum absolute atomic E-state index is 13.8. The fourth-order valence-electron chi connectivity index (χ4n) is 3.54. The number of nitrogens with zero attached hydrogens (tertiary/aromatic N) is 1. The lowest BCUT2D eigenvalue weighted by Crippen LogP contribution is -2.34. The van der Waals surface area contributed by atoms with Gasteiger partial charge in [0.2, 0.25) is 0 Å². The van der Waals surface area contributed by atoms with Crippen molar-refractivity contribution in [1.29, 1.82) is 0 Å². The Labute approximate surface area is 184 Å². The molecule has 0 amide bonds. The topological polar surface area (TPSA) is 68.2 Å². The van der Waals surface area contributed by atoms with E-state index in [-0.39, 0.29) is 26.7 Å². The normalized spacial score (nSPS) is 17.1. The lowest BCUT2D eigenvalue weighted by Gasteiger charge is -2.21. The summed E-state index contributed by atoms with van der Waals surface area (Å²) < 4.78 is 84.5. The summed E-state index contributed by atoms with van der Waals surface area (Å²) >= 11 is 1.76. The van der Waals surface area contributed by atoms with Crippen LogP contribution in [-0.4, -0.2) is 34.1 Å². The van der Waals surface area contributed by atoms with Crippen molar-refractivity contribution in [2.75, 3.05) is 11.5 Å². The molecule has 0 aliphatic carbocycles. The third-order valence-corrected chi connectivity index (χ3v) is 9.05. The van der Waals surface area contributed by atoms with Crippen LogP contribution in [0.2, 0.25) is 0 Å². The highest BCUT2D eigenvalue weighted by Gasteiger charge is 2.36. The van der Waals surface area contributed by atoms with E-state index in [9.17, 15) is 25.8 Å². The van der Waals surface area contributed by atoms with E-state index >= 15 is 0 Å². The molecule has 0 radical (unpaired) electrons. The Kier molecular flexibility index (Phi) is 6.21. The zero-order valence-electron chi connectivity index (χ0n) is 16.1. The first-order valence-electron chi connectivity index (χ1n) is 9.47. The minimum Gasteiger partial charge on any atom is -0.240 e. The van der Waals surface area contributed by atoms with Gasteiger partial charge in [0.25, 0.3) is 10.0 Å². The van der Waals surface area contributed by atoms with E-state index in [0.717, 1.165) is 46.6 Å². The van der Waals surface area contributed by atoms with E-state index in [2.05, 4.69) is 4.72 Å². The van der Waals surface area contributed by atoms with Crippen molar-refractivity contribution in [3.05, 3.63) is 60.3 Å². The quantitative estimate of drug-likeness (QED) is 0.578. The number of benzene rings is 2. The number of alkyl halides is 3. The highest BCUT2D eigenvalue weighted by atomic mass is 32.2. The van der Waals surface area contributed by atoms with Crippen LogP contribution in [0, 0.1) is 0 Å². The van der Waals surface area contributed by atoms with Crippen LogP contribution in [0.4, 0.5) is 13.2 Å². The van der Waals surface area contributed by atoms with Gasteiger partial charge in [0, 0.05) is 17.6 Å². The number of fused-ring (bicyclic) bond motifs is 1. The molecule has 166 valence electrons. The summed E-state index contributed by atoms with van der Waals surface area (Å²) in [6.07, 6.45) is -2.21. The minimum absolute atomic E-state index is 0.0705. The molecule has 0 bridgehead atoms. The summed E-state index contributed by atoms with van der Waals surface area (Å²) in [6.45, 7) is 0. The van der Waals surface area contributed by atoms with Gasteiger partial charge in [-0.2, -0.15) is 24.9 Å². The summed E-state index contributed by atoms with van der Waals surface area (Å²) in [5.41, 5.74) is -1.18. The van der Waals surface area contributed by atoms with Crippen molar-refractivity contribution in [3.63, 3.8) is 0 Å². The molecule has 1 aliphatic heterocycles. The standard InChI is InChI=1S/C20H19F3N2O3S3/c21-20(22,23)16-7-4-8-17-19(16)18(30(26)24-14-9-11-29-12-10-14)13-25(17)31(27,28)15-5-2-1-3-6-15/h1-8,13-14,24H,9-12H2. The highest BCUT2D eigenvalue weighted by Crippen LogP contribution is 2.39. The van der Waals surface area contributed by atoms with Crippen LogP contribution in [-0.2, 0) is 27.2 Å². The second-order valence-electron chi connectivity index (χ2n) is 7.08. The van der Waals surface area contributed by atoms with Gasteiger partial charge < -0.3 is 0 Å². The molecule has 5 nitrogen and oxygen atoms in total. The average Bonchev–Trinajstić information content (AvgIpc) is 3.15. The number of rotatable bonds is 5. The minimum atomic E-state index is -4.73. The Morgan fingerprint density at radius 3 is 2.35 bits per heavy atom. The molecule has 2 heterocycles. The molecular formula is C20H19F3N2O3S3. The van der Waals surface area contributed by atoms with Crippen molar-refractivity contribution in [3.8, 4) is 0 Å².